The summed E-state index contributed by atoms with van der Waals surface area (Å²) in [6.45, 7) is 4.83. The second-order valence-electron chi connectivity index (χ2n) is 2.60. The lowest BCUT2D eigenvalue weighted by atomic mass is 10.1. The average Bonchev–Trinajstić information content (AvgIpc) is 1.88. The van der Waals surface area contributed by atoms with Gasteiger partial charge in [-0.15, -0.1) is 0 Å². The first kappa shape index (κ1) is 9.66. The predicted octanol–water partition coefficient (Wildman–Crippen LogP) is 1.21. The zero-order valence-corrected chi connectivity index (χ0v) is 6.92. The maximum atomic E-state index is 8.64. The second kappa shape index (κ2) is 5.45. The molecule has 0 saturated heterocycles. The van der Waals surface area contributed by atoms with E-state index in [1.54, 1.807) is 7.11 Å². The number of hydrogen-bond acceptors (Lipinski definition) is 2. The minimum absolute atomic E-state index is 0.147. The molecule has 10 heavy (non-hydrogen) atoms. The molecule has 0 saturated carbocycles. The highest BCUT2D eigenvalue weighted by atomic mass is 16.5. The molecule has 1 N–H and O–H groups in total. The molecular weight excluding hydrogens is 128 g/mol. The van der Waals surface area contributed by atoms with Crippen LogP contribution in [-0.2, 0) is 4.74 Å². The number of aliphatic hydroxyl groups excluding tert-OH is 1. The Hall–Kier alpha value is -0.340. The van der Waals surface area contributed by atoms with Crippen molar-refractivity contribution >= 4 is 0 Å². The van der Waals surface area contributed by atoms with Crippen LogP contribution in [0.5, 0.6) is 0 Å². The largest absolute Gasteiger partial charge is 0.392 e. The maximum Gasteiger partial charge on any atom is 0.0639 e. The van der Waals surface area contributed by atoms with Crippen molar-refractivity contribution in [3.05, 3.63) is 11.6 Å². The molecular formula is C8H16O2. The molecule has 0 rings (SSSR count). The molecule has 0 aliphatic heterocycles. The van der Waals surface area contributed by atoms with E-state index in [-0.39, 0.29) is 6.61 Å². The molecule has 0 aromatic rings. The number of methoxy groups -OCH3 is 1. The van der Waals surface area contributed by atoms with Crippen LogP contribution in [0.3, 0.4) is 0 Å². The first-order valence-electron chi connectivity index (χ1n) is 3.47. The fourth-order valence-electron chi connectivity index (χ4n) is 0.849. The van der Waals surface area contributed by atoms with Crippen molar-refractivity contribution in [3.63, 3.8) is 0 Å². The van der Waals surface area contributed by atoms with E-state index in [9.17, 15) is 0 Å². The Morgan fingerprint density at radius 3 is 2.70 bits per heavy atom. The highest BCUT2D eigenvalue weighted by Gasteiger charge is 1.95. The standard InChI is InChI=1S/C8H16O2/c1-7(5-9)4-8(2)6-10-3/h4,8-9H,5-6H2,1-3H3/b7-4-. The third kappa shape index (κ3) is 4.53. The third-order valence-electron chi connectivity index (χ3n) is 1.25. The van der Waals surface area contributed by atoms with E-state index < -0.39 is 0 Å². The first-order chi connectivity index (χ1) is 4.70. The van der Waals surface area contributed by atoms with Crippen LogP contribution >= 0.6 is 0 Å². The van der Waals surface area contributed by atoms with Gasteiger partial charge in [-0.2, -0.15) is 0 Å². The first-order valence-corrected chi connectivity index (χ1v) is 3.47. The Bertz CT molecular complexity index is 108. The molecule has 0 heterocycles. The van der Waals surface area contributed by atoms with Gasteiger partial charge in [0.05, 0.1) is 13.2 Å². The number of aliphatic hydroxyl groups is 1. The van der Waals surface area contributed by atoms with Gasteiger partial charge in [0.25, 0.3) is 0 Å². The summed E-state index contributed by atoms with van der Waals surface area (Å²) >= 11 is 0. The Balaban J connectivity index is 3.62. The van der Waals surface area contributed by atoms with Gasteiger partial charge in [-0.05, 0) is 12.8 Å². The molecule has 0 spiro atoms. The highest BCUT2D eigenvalue weighted by Crippen LogP contribution is 2.01. The van der Waals surface area contributed by atoms with Gasteiger partial charge in [0.2, 0.25) is 0 Å². The monoisotopic (exact) mass is 144 g/mol. The molecule has 60 valence electrons. The molecule has 1 unspecified atom stereocenters. The van der Waals surface area contributed by atoms with Crippen LogP contribution in [0.25, 0.3) is 0 Å². The molecule has 0 amide bonds. The van der Waals surface area contributed by atoms with Crippen molar-refractivity contribution in [3.8, 4) is 0 Å². The van der Waals surface area contributed by atoms with Crippen molar-refractivity contribution in [1.29, 1.82) is 0 Å². The van der Waals surface area contributed by atoms with Crippen molar-refractivity contribution in [2.75, 3.05) is 20.3 Å². The number of rotatable bonds is 4. The molecule has 0 aliphatic rings. The number of hydrogen-bond donors (Lipinski definition) is 1. The van der Waals surface area contributed by atoms with Crippen LogP contribution in [0.2, 0.25) is 0 Å². The lowest BCUT2D eigenvalue weighted by Crippen LogP contribution is -2.01. The molecule has 0 aromatic heterocycles. The highest BCUT2D eigenvalue weighted by molar-refractivity contribution is 4.99. The molecule has 2 nitrogen and oxygen atoms in total. The van der Waals surface area contributed by atoms with Gasteiger partial charge >= 0.3 is 0 Å². The summed E-state index contributed by atoms with van der Waals surface area (Å²) in [6, 6.07) is 0. The van der Waals surface area contributed by atoms with Crippen LogP contribution in [0.4, 0.5) is 0 Å². The quantitative estimate of drug-likeness (QED) is 0.601. The van der Waals surface area contributed by atoms with E-state index >= 15 is 0 Å². The third-order valence-corrected chi connectivity index (χ3v) is 1.25. The summed E-state index contributed by atoms with van der Waals surface area (Å²) in [5, 5.41) is 8.64. The van der Waals surface area contributed by atoms with Crippen molar-refractivity contribution < 1.29 is 9.84 Å². The topological polar surface area (TPSA) is 29.5 Å². The lowest BCUT2D eigenvalue weighted by molar-refractivity contribution is 0.175. The Morgan fingerprint density at radius 1 is 1.70 bits per heavy atom. The maximum absolute atomic E-state index is 8.64. The molecule has 0 aromatic carbocycles. The summed E-state index contributed by atoms with van der Waals surface area (Å²) in [5.74, 6) is 0.400. The van der Waals surface area contributed by atoms with E-state index in [2.05, 4.69) is 6.92 Å². The minimum atomic E-state index is 0.147. The van der Waals surface area contributed by atoms with E-state index in [1.807, 2.05) is 13.0 Å². The zero-order valence-electron chi connectivity index (χ0n) is 6.92. The predicted molar refractivity (Wildman–Crippen MR) is 41.9 cm³/mol. The normalized spacial score (nSPS) is 15.4. The van der Waals surface area contributed by atoms with Gasteiger partial charge in [0.15, 0.2) is 0 Å². The van der Waals surface area contributed by atoms with Gasteiger partial charge < -0.3 is 9.84 Å². The van der Waals surface area contributed by atoms with Gasteiger partial charge in [0.1, 0.15) is 0 Å². The lowest BCUT2D eigenvalue weighted by Gasteiger charge is -2.04. The zero-order chi connectivity index (χ0) is 7.98. The van der Waals surface area contributed by atoms with Crippen LogP contribution in [0.15, 0.2) is 11.6 Å². The summed E-state index contributed by atoms with van der Waals surface area (Å²) in [4.78, 5) is 0. The average molecular weight is 144 g/mol. The smallest absolute Gasteiger partial charge is 0.0639 e. The fraction of sp³-hybridized carbons (Fsp3) is 0.750. The van der Waals surface area contributed by atoms with E-state index in [1.165, 1.54) is 0 Å². The second-order valence-corrected chi connectivity index (χ2v) is 2.60. The SMILES string of the molecule is COCC(C)/C=C(/C)CO. The molecule has 2 heteroatoms. The Morgan fingerprint density at radius 2 is 2.30 bits per heavy atom. The fourth-order valence-corrected chi connectivity index (χ4v) is 0.849. The molecule has 0 bridgehead atoms. The van der Waals surface area contributed by atoms with Crippen LogP contribution in [-0.4, -0.2) is 25.4 Å². The Kier molecular flexibility index (Phi) is 5.26. The number of ether oxygens (including phenoxy) is 1. The van der Waals surface area contributed by atoms with Crippen molar-refractivity contribution in [1.82, 2.24) is 0 Å². The Labute approximate surface area is 62.5 Å². The van der Waals surface area contributed by atoms with Crippen molar-refractivity contribution in [2.24, 2.45) is 5.92 Å². The summed E-state index contributed by atoms with van der Waals surface area (Å²) < 4.78 is 4.92. The molecule has 0 radical (unpaired) electrons. The van der Waals surface area contributed by atoms with Crippen LogP contribution in [0, 0.1) is 5.92 Å². The van der Waals surface area contributed by atoms with Gasteiger partial charge in [-0.1, -0.05) is 18.6 Å². The molecule has 0 aliphatic carbocycles. The van der Waals surface area contributed by atoms with Gasteiger partial charge in [0, 0.05) is 7.11 Å². The van der Waals surface area contributed by atoms with Gasteiger partial charge in [-0.25, -0.2) is 0 Å². The van der Waals surface area contributed by atoms with Crippen molar-refractivity contribution in [2.45, 2.75) is 13.8 Å². The summed E-state index contributed by atoms with van der Waals surface area (Å²) in [5.41, 5.74) is 1.00. The summed E-state index contributed by atoms with van der Waals surface area (Å²) in [6.07, 6.45) is 2.02. The van der Waals surface area contributed by atoms with Crippen LogP contribution < -0.4 is 0 Å². The van der Waals surface area contributed by atoms with E-state index in [0.29, 0.717) is 5.92 Å². The minimum Gasteiger partial charge on any atom is -0.392 e. The van der Waals surface area contributed by atoms with E-state index in [0.717, 1.165) is 12.2 Å². The summed E-state index contributed by atoms with van der Waals surface area (Å²) in [7, 11) is 1.68. The van der Waals surface area contributed by atoms with Crippen LogP contribution in [0.1, 0.15) is 13.8 Å². The molecule has 1 atom stereocenters. The molecule has 0 fully saturated rings. The van der Waals surface area contributed by atoms with Gasteiger partial charge in [-0.3, -0.25) is 0 Å². The van der Waals surface area contributed by atoms with E-state index in [4.69, 9.17) is 9.84 Å².